The second kappa shape index (κ2) is 6.42. The summed E-state index contributed by atoms with van der Waals surface area (Å²) >= 11 is 0. The number of hydrogen-bond donors (Lipinski definition) is 1. The van der Waals surface area contributed by atoms with E-state index in [1.807, 2.05) is 0 Å². The number of halogens is 1. The zero-order chi connectivity index (χ0) is 4.50. The van der Waals surface area contributed by atoms with Crippen LogP contribution in [0, 0.1) is 10.2 Å². The van der Waals surface area contributed by atoms with E-state index in [1.165, 1.54) is 0 Å². The van der Waals surface area contributed by atoms with Gasteiger partial charge in [-0.1, -0.05) is 0 Å². The van der Waals surface area contributed by atoms with Crippen LogP contribution in [0.15, 0.2) is 0 Å². The number of rotatable bonds is 0. The maximum atomic E-state index is 8.60. The standard InChI is InChI=1S/Al.ClHO4.K.4H/c;2-1(3,4)5;;;;;/h;(H,2,3,4,5);;;;;/q;;+1;;;;-1. The Balaban J connectivity index is -0.0000000267. The van der Waals surface area contributed by atoms with E-state index < -0.39 is 10.2 Å². The van der Waals surface area contributed by atoms with Gasteiger partial charge in [-0.15, -0.1) is 0 Å². The first kappa shape index (κ1) is 16.1. The van der Waals surface area contributed by atoms with Crippen molar-refractivity contribution in [2.24, 2.45) is 0 Å². The van der Waals surface area contributed by atoms with Crippen molar-refractivity contribution in [2.45, 2.75) is 0 Å². The maximum absolute atomic E-state index is 8.60. The molecule has 0 saturated carbocycles. The van der Waals surface area contributed by atoms with Gasteiger partial charge in [0.05, 0.1) is 14.9 Å². The van der Waals surface area contributed by atoms with Gasteiger partial charge in [-0.05, 0) is 0 Å². The van der Waals surface area contributed by atoms with Crippen molar-refractivity contribution in [1.82, 2.24) is 0 Å². The van der Waals surface area contributed by atoms with Crippen LogP contribution in [0.2, 0.25) is 0 Å². The summed E-state index contributed by atoms with van der Waals surface area (Å²) in [5.41, 5.74) is 0. The third-order valence-electron chi connectivity index (χ3n) is 0. The van der Waals surface area contributed by atoms with Gasteiger partial charge in [-0.25, -0.2) is 0 Å². The summed E-state index contributed by atoms with van der Waals surface area (Å²) in [7, 11) is -4.69. The summed E-state index contributed by atoms with van der Waals surface area (Å²) in [6.45, 7) is 0. The third-order valence-corrected chi connectivity index (χ3v) is 0. The minimum atomic E-state index is -4.69. The van der Waals surface area contributed by atoms with E-state index >= 15 is 0 Å². The molecule has 0 bridgehead atoms. The molecule has 0 radical (unpaired) electrons. The predicted molar refractivity (Wildman–Crippen MR) is 13.3 cm³/mol. The van der Waals surface area contributed by atoms with Gasteiger partial charge in [0.1, 0.15) is 0 Å². The van der Waals surface area contributed by atoms with Crippen LogP contribution in [0.4, 0.5) is 0 Å². The van der Waals surface area contributed by atoms with Crippen LogP contribution in [0.25, 0.3) is 0 Å². The summed E-state index contributed by atoms with van der Waals surface area (Å²) in [5.74, 6) is 0. The Morgan fingerprint density at radius 2 is 1.29 bits per heavy atom. The molecule has 0 aliphatic carbocycles. The van der Waals surface area contributed by atoms with Crippen LogP contribution in [0.3, 0.4) is 0 Å². The topological polar surface area (TPSA) is 89.4 Å². The molecule has 40 valence electrons. The van der Waals surface area contributed by atoms with E-state index in [-0.39, 0.29) is 70.2 Å². The SMILES string of the molecule is [AlH3].[H-].[K+].[O-][Cl+3]([O-])([O-])O. The van der Waals surface area contributed by atoms with Crippen molar-refractivity contribution < 1.29 is 81.7 Å². The van der Waals surface area contributed by atoms with Crippen LogP contribution in [0.5, 0.6) is 0 Å². The molecule has 0 spiro atoms. The molecule has 7 heavy (non-hydrogen) atoms. The third kappa shape index (κ3) is 62.3. The molecule has 1 N–H and O–H groups in total. The van der Waals surface area contributed by atoms with Crippen LogP contribution in [0.1, 0.15) is 1.43 Å². The van der Waals surface area contributed by atoms with E-state index in [0.29, 0.717) is 0 Å². The fourth-order valence-electron chi connectivity index (χ4n) is 0. The van der Waals surface area contributed by atoms with Crippen LogP contribution < -0.4 is 65.4 Å². The molecule has 0 aliphatic heterocycles. The average molecular weight is 171 g/mol. The Hall–Kier alpha value is 2.30. The first-order valence-electron chi connectivity index (χ1n) is 0.632. The van der Waals surface area contributed by atoms with Crippen LogP contribution in [-0.4, -0.2) is 22.0 Å². The normalized spacial score (nSPS) is 8.57. The van der Waals surface area contributed by atoms with Crippen LogP contribution in [-0.2, 0) is 0 Å². The molecule has 0 aromatic rings. The van der Waals surface area contributed by atoms with E-state index in [2.05, 4.69) is 0 Å². The van der Waals surface area contributed by atoms with Gasteiger partial charge in [-0.2, -0.15) is 14.0 Å². The molecule has 4 nitrogen and oxygen atoms in total. The maximum Gasteiger partial charge on any atom is 1.00 e. The quantitative estimate of drug-likeness (QED) is 0.366. The molecule has 0 saturated heterocycles. The van der Waals surface area contributed by atoms with Gasteiger partial charge in [0, 0.05) is 0 Å². The van der Waals surface area contributed by atoms with Crippen molar-refractivity contribution in [3.8, 4) is 0 Å². The molecule has 0 atom stereocenters. The fraction of sp³-hybridized carbons (Fsp3) is 0. The molecule has 7 heteroatoms. The molecule has 0 aromatic carbocycles. The largest absolute Gasteiger partial charge is 1.00 e. The first-order valence-corrected chi connectivity index (χ1v) is 1.90. The van der Waals surface area contributed by atoms with E-state index in [0.717, 1.165) is 0 Å². The van der Waals surface area contributed by atoms with Crippen molar-refractivity contribution in [2.75, 3.05) is 0 Å². The Kier molecular flexibility index (Phi) is 14.8. The van der Waals surface area contributed by atoms with Crippen molar-refractivity contribution in [3.63, 3.8) is 0 Å². The van der Waals surface area contributed by atoms with Gasteiger partial charge in [0.15, 0.2) is 17.4 Å². The monoisotopic (exact) mass is 170 g/mol. The smallest absolute Gasteiger partial charge is 1.00 e. The molecule has 0 aromatic heterocycles. The van der Waals surface area contributed by atoms with Gasteiger partial charge in [-0.3, -0.25) is 0 Å². The second-order valence-corrected chi connectivity index (χ2v) is 1.19. The van der Waals surface area contributed by atoms with Crippen molar-refractivity contribution in [3.05, 3.63) is 0 Å². The molecular weight excluding hydrogens is 166 g/mol. The fourth-order valence-corrected chi connectivity index (χ4v) is 0. The summed E-state index contributed by atoms with van der Waals surface area (Å²) in [6, 6.07) is 0. The summed E-state index contributed by atoms with van der Waals surface area (Å²) in [4.78, 5) is 0. The molecule has 0 heterocycles. The Bertz CT molecular complexity index is 31.5. The van der Waals surface area contributed by atoms with E-state index in [4.69, 9.17) is 18.6 Å². The van der Waals surface area contributed by atoms with Crippen molar-refractivity contribution >= 4 is 17.4 Å². The summed E-state index contributed by atoms with van der Waals surface area (Å²) in [5, 5.41) is 0. The molecule has 0 unspecified atom stereocenters. The zero-order valence-electron chi connectivity index (χ0n) is 4.05. The van der Waals surface area contributed by atoms with Gasteiger partial charge in [0.25, 0.3) is 0 Å². The molecule has 0 aliphatic rings. The molecule has 0 amide bonds. The minimum Gasteiger partial charge on any atom is -1.00 e. The molecular formula is H5AlClKO4. The Morgan fingerprint density at radius 3 is 1.29 bits per heavy atom. The molecule has 0 rings (SSSR count). The van der Waals surface area contributed by atoms with Gasteiger partial charge < -0.3 is 1.43 Å². The van der Waals surface area contributed by atoms with E-state index in [1.54, 1.807) is 0 Å². The Labute approximate surface area is 97.3 Å². The zero-order valence-corrected chi connectivity index (χ0v) is 6.93. The van der Waals surface area contributed by atoms with Crippen molar-refractivity contribution in [1.29, 1.82) is 0 Å². The second-order valence-electron chi connectivity index (χ2n) is 0.396. The van der Waals surface area contributed by atoms with Gasteiger partial charge >= 0.3 is 51.4 Å². The number of hydrogen-bond acceptors (Lipinski definition) is 4. The summed E-state index contributed by atoms with van der Waals surface area (Å²) in [6.07, 6.45) is 0. The minimum absolute atomic E-state index is 0. The summed E-state index contributed by atoms with van der Waals surface area (Å²) < 4.78 is 32.7. The average Bonchev–Trinajstić information content (AvgIpc) is 0.722. The van der Waals surface area contributed by atoms with E-state index in [9.17, 15) is 0 Å². The first-order chi connectivity index (χ1) is 2.00. The Morgan fingerprint density at radius 1 is 1.29 bits per heavy atom. The predicted octanol–water partition coefficient (Wildman–Crippen LogP) is -8.19. The molecule has 0 fully saturated rings. The van der Waals surface area contributed by atoms with Gasteiger partial charge in [0.2, 0.25) is 0 Å². The van der Waals surface area contributed by atoms with Crippen LogP contribution >= 0.6 is 0 Å².